The van der Waals surface area contributed by atoms with Crippen LogP contribution in [0.4, 0.5) is 0 Å². The third-order valence-electron chi connectivity index (χ3n) is 7.06. The predicted molar refractivity (Wildman–Crippen MR) is 166 cm³/mol. The molecule has 0 saturated heterocycles. The molecule has 0 radical (unpaired) electrons. The van der Waals surface area contributed by atoms with E-state index in [4.69, 9.17) is 0 Å². The Labute approximate surface area is 220 Å². The first kappa shape index (κ1) is 23.3. The highest BCUT2D eigenvalue weighted by Crippen LogP contribution is 2.56. The second-order valence-electron chi connectivity index (χ2n) is 9.61. The molecular weight excluding hydrogens is 463 g/mol. The van der Waals surface area contributed by atoms with Crippen molar-refractivity contribution < 1.29 is 0 Å². The van der Waals surface area contributed by atoms with Crippen molar-refractivity contribution in [3.8, 4) is 5.30 Å². The minimum absolute atomic E-state index is 0.583. The summed E-state index contributed by atoms with van der Waals surface area (Å²) in [6, 6.07) is 41.8. The first-order chi connectivity index (χ1) is 18.2. The van der Waals surface area contributed by atoms with Crippen LogP contribution in [-0.4, -0.2) is 0 Å². The lowest BCUT2D eigenvalue weighted by atomic mass is 10.00. The molecule has 0 atom stereocenters. The quantitative estimate of drug-likeness (QED) is 0.210. The molecule has 6 aromatic rings. The zero-order chi connectivity index (χ0) is 25.2. The maximum Gasteiger partial charge on any atom is 0.00713 e. The van der Waals surface area contributed by atoms with Gasteiger partial charge < -0.3 is 0 Å². The molecular formula is C36H29P. The van der Waals surface area contributed by atoms with Crippen LogP contribution in [0.5, 0.6) is 0 Å². The zero-order valence-electron chi connectivity index (χ0n) is 21.2. The van der Waals surface area contributed by atoms with Crippen molar-refractivity contribution in [1.29, 1.82) is 0 Å². The summed E-state index contributed by atoms with van der Waals surface area (Å²) in [4.78, 5) is 0. The van der Waals surface area contributed by atoms with Gasteiger partial charge in [-0.15, -0.1) is 0 Å². The Morgan fingerprint density at radius 1 is 0.459 bits per heavy atom. The molecule has 37 heavy (non-hydrogen) atoms. The monoisotopic (exact) mass is 492 g/mol. The largest absolute Gasteiger partial charge is 0.0772 e. The molecule has 0 aliphatic heterocycles. The van der Waals surface area contributed by atoms with Gasteiger partial charge in [0.15, 0.2) is 0 Å². The van der Waals surface area contributed by atoms with Gasteiger partial charge in [-0.2, -0.15) is 0 Å². The molecule has 0 unspecified atom stereocenters. The Bertz CT molecular complexity index is 1640. The van der Waals surface area contributed by atoms with Crippen LogP contribution in [-0.2, 0) is 0 Å². The smallest absolute Gasteiger partial charge is 0.00713 e. The lowest BCUT2D eigenvalue weighted by molar-refractivity contribution is 1.48. The van der Waals surface area contributed by atoms with Crippen LogP contribution in [0.3, 0.4) is 0 Å². The van der Waals surface area contributed by atoms with Gasteiger partial charge in [0.2, 0.25) is 0 Å². The molecule has 0 N–H and O–H groups in total. The van der Waals surface area contributed by atoms with Gasteiger partial charge in [0.05, 0.1) is 0 Å². The molecule has 5 aromatic carbocycles. The van der Waals surface area contributed by atoms with Crippen LogP contribution in [0.25, 0.3) is 50.6 Å². The maximum atomic E-state index is 2.44. The van der Waals surface area contributed by atoms with E-state index < -0.39 is 7.53 Å². The average Bonchev–Trinajstić information content (AvgIpc) is 3.23. The number of hydrogen-bond donors (Lipinski definition) is 0. The van der Waals surface area contributed by atoms with Crippen molar-refractivity contribution in [3.63, 3.8) is 0 Å². The Balaban J connectivity index is 1.57. The van der Waals surface area contributed by atoms with Crippen molar-refractivity contribution in [2.75, 3.05) is 0 Å². The Kier molecular flexibility index (Phi) is 6.35. The molecule has 0 saturated carbocycles. The maximum absolute atomic E-state index is 2.44. The molecule has 1 heteroatoms. The van der Waals surface area contributed by atoms with E-state index in [1.54, 1.807) is 0 Å². The van der Waals surface area contributed by atoms with Gasteiger partial charge in [-0.05, 0) is 87.6 Å². The van der Waals surface area contributed by atoms with Gasteiger partial charge in [0, 0.05) is 10.2 Å². The molecule has 6 rings (SSSR count). The molecule has 1 heterocycles. The normalized spacial score (nSPS) is 12.3. The Morgan fingerprint density at radius 3 is 1.30 bits per heavy atom. The number of rotatable bonds is 5. The highest BCUT2D eigenvalue weighted by Gasteiger charge is 2.16. The fourth-order valence-corrected chi connectivity index (χ4v) is 7.85. The van der Waals surface area contributed by atoms with Gasteiger partial charge in [0.1, 0.15) is 0 Å². The Hall–Kier alpha value is -4.12. The molecule has 0 fully saturated rings. The molecule has 1 aromatic heterocycles. The third-order valence-corrected chi connectivity index (χ3v) is 9.58. The summed E-state index contributed by atoms with van der Waals surface area (Å²) < 4.78 is 0. The highest BCUT2D eigenvalue weighted by atomic mass is 31.1. The molecule has 0 spiro atoms. The van der Waals surface area contributed by atoms with Crippen LogP contribution >= 0.6 is 7.53 Å². The predicted octanol–water partition coefficient (Wildman–Crippen LogP) is 10.9. The third kappa shape index (κ3) is 4.69. The van der Waals surface area contributed by atoms with Crippen molar-refractivity contribution in [3.05, 3.63) is 149 Å². The van der Waals surface area contributed by atoms with E-state index in [0.717, 1.165) is 0 Å². The van der Waals surface area contributed by atoms with Crippen molar-refractivity contribution in [1.82, 2.24) is 0 Å². The molecule has 0 bridgehead atoms. The lowest BCUT2D eigenvalue weighted by Gasteiger charge is -2.06. The Morgan fingerprint density at radius 2 is 0.865 bits per heavy atom. The van der Waals surface area contributed by atoms with E-state index in [-0.39, 0.29) is 0 Å². The second-order valence-corrected chi connectivity index (χ2v) is 11.8. The summed E-state index contributed by atoms with van der Waals surface area (Å²) in [6.07, 6.45) is 8.96. The molecule has 0 aliphatic carbocycles. The van der Waals surface area contributed by atoms with Crippen LogP contribution < -0.4 is 0 Å². The van der Waals surface area contributed by atoms with Crippen molar-refractivity contribution in [2.24, 2.45) is 0 Å². The first-order valence-corrected chi connectivity index (χ1v) is 14.1. The van der Waals surface area contributed by atoms with E-state index in [9.17, 15) is 0 Å². The fourth-order valence-electron chi connectivity index (χ4n) is 5.06. The van der Waals surface area contributed by atoms with Crippen LogP contribution in [0.15, 0.2) is 115 Å². The number of hydrogen-bond acceptors (Lipinski definition) is 0. The van der Waals surface area contributed by atoms with E-state index in [2.05, 4.69) is 153 Å². The zero-order valence-corrected chi connectivity index (χ0v) is 22.1. The molecule has 0 aliphatic rings. The van der Waals surface area contributed by atoms with Gasteiger partial charge in [-0.1, -0.05) is 123 Å². The summed E-state index contributed by atoms with van der Waals surface area (Å²) in [6.45, 7) is 4.48. The summed E-state index contributed by atoms with van der Waals surface area (Å²) >= 11 is 0. The minimum Gasteiger partial charge on any atom is -0.0772 e. The number of aryl methyl sites for hydroxylation is 2. The van der Waals surface area contributed by atoms with E-state index >= 15 is 0 Å². The van der Waals surface area contributed by atoms with E-state index in [0.29, 0.717) is 0 Å². The minimum atomic E-state index is -0.583. The standard InChI is InChI=1S/C36H29P/c1-26-22-35-33(24-30(26)20-18-28-12-6-3-7-13-28)34-25-31(21-19-29-14-8-4-9-15-29)27(2)23-36(34)37(35)32-16-10-5-11-17-32/h3-25H,1-2H3. The fraction of sp³-hybridized carbons (Fsp3) is 0.0556. The number of fused-ring (bicyclic) bond motifs is 3. The summed E-state index contributed by atoms with van der Waals surface area (Å²) in [5.41, 5.74) is 7.64. The molecule has 0 amide bonds. The van der Waals surface area contributed by atoms with Gasteiger partial charge in [0.25, 0.3) is 0 Å². The number of benzene rings is 5. The average molecular weight is 493 g/mol. The van der Waals surface area contributed by atoms with E-state index in [1.807, 2.05) is 0 Å². The van der Waals surface area contributed by atoms with Crippen molar-refractivity contribution >= 4 is 52.8 Å². The van der Waals surface area contributed by atoms with Crippen molar-refractivity contribution in [2.45, 2.75) is 13.8 Å². The molecule has 0 nitrogen and oxygen atoms in total. The van der Waals surface area contributed by atoms with Crippen LogP contribution in [0.2, 0.25) is 0 Å². The van der Waals surface area contributed by atoms with Gasteiger partial charge in [-0.25, -0.2) is 0 Å². The van der Waals surface area contributed by atoms with Gasteiger partial charge in [-0.3, -0.25) is 0 Å². The summed E-state index contributed by atoms with van der Waals surface area (Å²) in [5.74, 6) is 0. The topological polar surface area (TPSA) is 0 Å². The summed E-state index contributed by atoms with van der Waals surface area (Å²) in [5, 5.41) is 7.09. The van der Waals surface area contributed by atoms with Crippen LogP contribution in [0.1, 0.15) is 33.4 Å². The van der Waals surface area contributed by atoms with Gasteiger partial charge >= 0.3 is 0 Å². The second kappa shape index (κ2) is 10.1. The first-order valence-electron chi connectivity index (χ1n) is 12.8. The van der Waals surface area contributed by atoms with E-state index in [1.165, 1.54) is 59.7 Å². The SMILES string of the molecule is Cc1cc2c(cc1C=Cc1ccccc1)c1cc(C=Cc3ccccc3)c(C)cc1p2-c1ccccc1. The lowest BCUT2D eigenvalue weighted by Crippen LogP contribution is -1.82. The highest BCUT2D eigenvalue weighted by molar-refractivity contribution is 7.67. The summed E-state index contributed by atoms with van der Waals surface area (Å²) in [7, 11) is -0.583. The molecule has 178 valence electrons. The van der Waals surface area contributed by atoms with Crippen LogP contribution in [0, 0.1) is 13.8 Å².